The summed E-state index contributed by atoms with van der Waals surface area (Å²) in [4.78, 5) is 29.6. The Hall–Kier alpha value is -1.92. The van der Waals surface area contributed by atoms with Gasteiger partial charge in [-0.3, -0.25) is 14.4 Å². The number of hydrogen-bond donors (Lipinski definition) is 0. The molecule has 2 rings (SSSR count). The predicted molar refractivity (Wildman–Crippen MR) is 99.6 cm³/mol. The summed E-state index contributed by atoms with van der Waals surface area (Å²) in [7, 11) is -1.76. The molecule has 0 saturated heterocycles. The van der Waals surface area contributed by atoms with Crippen LogP contribution in [0, 0.1) is 0 Å². The van der Waals surface area contributed by atoms with Gasteiger partial charge in [0.25, 0.3) is 11.8 Å². The zero-order valence-electron chi connectivity index (χ0n) is 15.7. The van der Waals surface area contributed by atoms with E-state index in [1.165, 1.54) is 0 Å². The molecule has 0 fully saturated rings. The van der Waals surface area contributed by atoms with Crippen LogP contribution in [-0.2, 0) is 9.26 Å². The Morgan fingerprint density at radius 3 is 2.16 bits per heavy atom. The molecule has 0 spiro atoms. The van der Waals surface area contributed by atoms with E-state index in [-0.39, 0.29) is 5.04 Å². The van der Waals surface area contributed by atoms with Crippen molar-refractivity contribution in [1.29, 1.82) is 0 Å². The first-order valence-electron chi connectivity index (χ1n) is 8.59. The number of carbonyl (C=O) groups excluding carboxylic acids is 2. The van der Waals surface area contributed by atoms with Crippen molar-refractivity contribution in [2.45, 2.75) is 51.7 Å². The quantitative estimate of drug-likeness (QED) is 0.310. The number of nitrogens with zero attached hydrogens (tertiary/aromatic N) is 1. The molecular weight excluding hydrogens is 334 g/mol. The number of carbonyl (C=O) groups is 2. The van der Waals surface area contributed by atoms with Gasteiger partial charge in [-0.15, -0.1) is 5.06 Å². The molecule has 0 aromatic heterocycles. The molecule has 25 heavy (non-hydrogen) atoms. The minimum Gasteiger partial charge on any atom is -0.549 e. The number of amides is 2. The standard InChI is InChI=1S/C19H27NO4Si/c1-19(2,3)25(4,5)24-14-10-6-9-13-23-20-17(21)15-11-7-8-12-16(15)18(20)22/h7-8,10-12,14H,6,9,13H2,1-5H3/b14-10-. The zero-order chi connectivity index (χ0) is 18.7. The molecular formula is C19H27NO4Si. The molecule has 6 heteroatoms. The highest BCUT2D eigenvalue weighted by molar-refractivity contribution is 6.74. The van der Waals surface area contributed by atoms with Gasteiger partial charge in [-0.2, -0.15) is 0 Å². The molecule has 0 atom stereocenters. The van der Waals surface area contributed by atoms with Crippen molar-refractivity contribution in [3.05, 3.63) is 47.7 Å². The lowest BCUT2D eigenvalue weighted by molar-refractivity contribution is -0.0917. The van der Waals surface area contributed by atoms with Gasteiger partial charge in [0.1, 0.15) is 0 Å². The third-order valence-corrected chi connectivity index (χ3v) is 9.10. The van der Waals surface area contributed by atoms with Crippen LogP contribution in [0.3, 0.4) is 0 Å². The summed E-state index contributed by atoms with van der Waals surface area (Å²) in [5.41, 5.74) is 0.797. The summed E-state index contributed by atoms with van der Waals surface area (Å²) in [5.74, 6) is -0.783. The van der Waals surface area contributed by atoms with E-state index in [4.69, 9.17) is 9.26 Å². The van der Waals surface area contributed by atoms with E-state index >= 15 is 0 Å². The van der Waals surface area contributed by atoms with Gasteiger partial charge >= 0.3 is 0 Å². The number of rotatable bonds is 7. The Morgan fingerprint density at radius 1 is 1.08 bits per heavy atom. The van der Waals surface area contributed by atoms with Crippen LogP contribution in [0.25, 0.3) is 0 Å². The van der Waals surface area contributed by atoms with Crippen molar-refractivity contribution in [1.82, 2.24) is 5.06 Å². The van der Waals surface area contributed by atoms with E-state index in [0.717, 1.165) is 11.5 Å². The maximum absolute atomic E-state index is 12.1. The molecule has 5 nitrogen and oxygen atoms in total. The van der Waals surface area contributed by atoms with Gasteiger partial charge < -0.3 is 4.43 Å². The number of fused-ring (bicyclic) bond motifs is 1. The maximum Gasteiger partial charge on any atom is 0.285 e. The van der Waals surface area contributed by atoms with E-state index in [2.05, 4.69) is 33.9 Å². The van der Waals surface area contributed by atoms with Crippen LogP contribution < -0.4 is 0 Å². The Labute approximate surface area is 150 Å². The number of imide groups is 1. The molecule has 2 amide bonds. The second kappa shape index (κ2) is 7.54. The minimum absolute atomic E-state index is 0.173. The molecule has 0 N–H and O–H groups in total. The molecule has 0 saturated carbocycles. The lowest BCUT2D eigenvalue weighted by atomic mass is 10.1. The van der Waals surface area contributed by atoms with Crippen molar-refractivity contribution in [3.63, 3.8) is 0 Å². The fourth-order valence-corrected chi connectivity index (χ4v) is 2.89. The summed E-state index contributed by atoms with van der Waals surface area (Å²) in [6.45, 7) is 11.3. The lowest BCUT2D eigenvalue weighted by Gasteiger charge is -2.34. The molecule has 1 aromatic carbocycles. The van der Waals surface area contributed by atoms with Gasteiger partial charge in [0.05, 0.1) is 24.0 Å². The van der Waals surface area contributed by atoms with E-state index < -0.39 is 20.1 Å². The van der Waals surface area contributed by atoms with E-state index in [1.54, 1.807) is 30.5 Å². The van der Waals surface area contributed by atoms with Crippen molar-refractivity contribution in [3.8, 4) is 0 Å². The van der Waals surface area contributed by atoms with Gasteiger partial charge in [-0.05, 0) is 43.1 Å². The Balaban J connectivity index is 1.73. The third kappa shape index (κ3) is 4.38. The zero-order valence-corrected chi connectivity index (χ0v) is 16.7. The van der Waals surface area contributed by atoms with Gasteiger partial charge in [0.15, 0.2) is 0 Å². The van der Waals surface area contributed by atoms with Crippen LogP contribution in [-0.4, -0.2) is 31.8 Å². The summed E-state index contributed by atoms with van der Waals surface area (Å²) in [6.07, 6.45) is 5.20. The number of unbranched alkanes of at least 4 members (excludes halogenated alkanes) is 1. The molecule has 1 aromatic rings. The Morgan fingerprint density at radius 2 is 1.64 bits per heavy atom. The summed E-state index contributed by atoms with van der Waals surface area (Å²) in [6, 6.07) is 6.75. The largest absolute Gasteiger partial charge is 0.549 e. The fraction of sp³-hybridized carbons (Fsp3) is 0.474. The fourth-order valence-electron chi connectivity index (χ4n) is 2.10. The van der Waals surface area contributed by atoms with Gasteiger partial charge in [-0.1, -0.05) is 39.0 Å². The first-order valence-corrected chi connectivity index (χ1v) is 11.5. The van der Waals surface area contributed by atoms with Gasteiger partial charge in [0, 0.05) is 0 Å². The number of hydrogen-bond acceptors (Lipinski definition) is 4. The second-order valence-electron chi connectivity index (χ2n) is 7.68. The normalized spacial score (nSPS) is 15.2. The third-order valence-electron chi connectivity index (χ3n) is 4.76. The van der Waals surface area contributed by atoms with Gasteiger partial charge in [0.2, 0.25) is 8.32 Å². The highest BCUT2D eigenvalue weighted by atomic mass is 28.4. The molecule has 0 aliphatic carbocycles. The topological polar surface area (TPSA) is 55.8 Å². The van der Waals surface area contributed by atoms with Crippen LogP contribution in [0.4, 0.5) is 0 Å². The van der Waals surface area contributed by atoms with Crippen molar-refractivity contribution in [2.75, 3.05) is 6.61 Å². The number of hydroxylamine groups is 2. The molecule has 0 radical (unpaired) electrons. The van der Waals surface area contributed by atoms with Crippen LogP contribution in [0.5, 0.6) is 0 Å². The van der Waals surface area contributed by atoms with Crippen LogP contribution >= 0.6 is 0 Å². The average molecular weight is 362 g/mol. The molecule has 136 valence electrons. The smallest absolute Gasteiger partial charge is 0.285 e. The highest BCUT2D eigenvalue weighted by Gasteiger charge is 2.38. The van der Waals surface area contributed by atoms with Crippen molar-refractivity contribution in [2.24, 2.45) is 0 Å². The van der Waals surface area contributed by atoms with Crippen LogP contribution in [0.1, 0.15) is 54.3 Å². The summed E-state index contributed by atoms with van der Waals surface area (Å²) < 4.78 is 5.95. The molecule has 0 bridgehead atoms. The Kier molecular flexibility index (Phi) is 5.85. The van der Waals surface area contributed by atoms with Gasteiger partial charge in [-0.25, -0.2) is 0 Å². The lowest BCUT2D eigenvalue weighted by Crippen LogP contribution is -2.39. The predicted octanol–water partition coefficient (Wildman–Crippen LogP) is 4.53. The van der Waals surface area contributed by atoms with Crippen molar-refractivity contribution >= 4 is 20.1 Å². The minimum atomic E-state index is -1.76. The summed E-state index contributed by atoms with van der Waals surface area (Å²) >= 11 is 0. The van der Waals surface area contributed by atoms with E-state index in [9.17, 15) is 9.59 Å². The highest BCUT2D eigenvalue weighted by Crippen LogP contribution is 2.36. The SMILES string of the molecule is CC(C)(C)[Si](C)(C)O/C=C\CCCON1C(=O)c2ccccc2C1=O. The molecule has 1 aliphatic rings. The van der Waals surface area contributed by atoms with Crippen LogP contribution in [0.15, 0.2) is 36.6 Å². The molecule has 1 heterocycles. The summed E-state index contributed by atoms with van der Waals surface area (Å²) in [5, 5.41) is 1.03. The molecule has 0 unspecified atom stereocenters. The molecule has 1 aliphatic heterocycles. The van der Waals surface area contributed by atoms with E-state index in [0.29, 0.717) is 24.2 Å². The van der Waals surface area contributed by atoms with Crippen LogP contribution in [0.2, 0.25) is 18.1 Å². The second-order valence-corrected chi connectivity index (χ2v) is 12.4. The van der Waals surface area contributed by atoms with Crippen molar-refractivity contribution < 1.29 is 18.9 Å². The first-order chi connectivity index (χ1) is 11.6. The first kappa shape index (κ1) is 19.4. The Bertz CT molecular complexity index is 641. The monoisotopic (exact) mass is 361 g/mol. The van der Waals surface area contributed by atoms with E-state index in [1.807, 2.05) is 6.08 Å². The number of allylic oxidation sites excluding steroid dienone is 1. The average Bonchev–Trinajstić information content (AvgIpc) is 2.78. The number of benzene rings is 1. The maximum atomic E-state index is 12.1.